The van der Waals surface area contributed by atoms with Crippen LogP contribution in [0, 0.1) is 6.92 Å². The van der Waals surface area contributed by atoms with Crippen LogP contribution < -0.4 is 10.1 Å². The summed E-state index contributed by atoms with van der Waals surface area (Å²) >= 11 is 0. The SMILES string of the molecule is CCOc1ccc(NCc2cncn2C)c(C)c1. The second-order valence-electron chi connectivity index (χ2n) is 4.26. The van der Waals surface area contributed by atoms with Gasteiger partial charge >= 0.3 is 0 Å². The van der Waals surface area contributed by atoms with E-state index in [-0.39, 0.29) is 0 Å². The normalized spacial score (nSPS) is 10.4. The molecule has 1 aromatic heterocycles. The number of imidazole rings is 1. The Kier molecular flexibility index (Phi) is 3.87. The molecule has 0 saturated carbocycles. The first kappa shape index (κ1) is 12.5. The Bertz CT molecular complexity index is 520. The van der Waals surface area contributed by atoms with Gasteiger partial charge in [0.1, 0.15) is 5.75 Å². The lowest BCUT2D eigenvalue weighted by molar-refractivity contribution is 0.340. The molecule has 0 fully saturated rings. The number of nitrogens with one attached hydrogen (secondary N) is 1. The number of hydrogen-bond acceptors (Lipinski definition) is 3. The Hall–Kier alpha value is -1.97. The summed E-state index contributed by atoms with van der Waals surface area (Å²) in [5, 5.41) is 3.41. The summed E-state index contributed by atoms with van der Waals surface area (Å²) in [6.07, 6.45) is 3.68. The lowest BCUT2D eigenvalue weighted by Crippen LogP contribution is -2.05. The molecule has 0 aliphatic rings. The number of hydrogen-bond donors (Lipinski definition) is 1. The van der Waals surface area contributed by atoms with Gasteiger partial charge in [0.15, 0.2) is 0 Å². The van der Waals surface area contributed by atoms with E-state index >= 15 is 0 Å². The van der Waals surface area contributed by atoms with E-state index in [1.54, 1.807) is 0 Å². The first-order chi connectivity index (χ1) is 8.70. The molecule has 18 heavy (non-hydrogen) atoms. The van der Waals surface area contributed by atoms with Gasteiger partial charge < -0.3 is 14.6 Å². The van der Waals surface area contributed by atoms with E-state index in [2.05, 4.69) is 29.4 Å². The predicted octanol–water partition coefficient (Wildman–Crippen LogP) is 2.74. The molecule has 2 aromatic rings. The molecule has 0 amide bonds. The number of aromatic nitrogens is 2. The minimum Gasteiger partial charge on any atom is -0.494 e. The smallest absolute Gasteiger partial charge is 0.119 e. The molecule has 1 heterocycles. The Balaban J connectivity index is 2.03. The summed E-state index contributed by atoms with van der Waals surface area (Å²) < 4.78 is 7.48. The highest BCUT2D eigenvalue weighted by atomic mass is 16.5. The fourth-order valence-corrected chi connectivity index (χ4v) is 1.83. The van der Waals surface area contributed by atoms with E-state index < -0.39 is 0 Å². The van der Waals surface area contributed by atoms with Gasteiger partial charge in [-0.25, -0.2) is 4.98 Å². The van der Waals surface area contributed by atoms with Crippen LogP contribution in [0.1, 0.15) is 18.2 Å². The number of ether oxygens (including phenoxy) is 1. The van der Waals surface area contributed by atoms with Gasteiger partial charge in [0.2, 0.25) is 0 Å². The number of rotatable bonds is 5. The highest BCUT2D eigenvalue weighted by molar-refractivity contribution is 5.53. The Morgan fingerprint density at radius 3 is 2.83 bits per heavy atom. The van der Waals surface area contributed by atoms with E-state index in [4.69, 9.17) is 4.74 Å². The second-order valence-corrected chi connectivity index (χ2v) is 4.26. The largest absolute Gasteiger partial charge is 0.494 e. The van der Waals surface area contributed by atoms with Gasteiger partial charge in [-0.15, -0.1) is 0 Å². The van der Waals surface area contributed by atoms with Crippen molar-refractivity contribution in [1.82, 2.24) is 9.55 Å². The van der Waals surface area contributed by atoms with Crippen molar-refractivity contribution >= 4 is 5.69 Å². The van der Waals surface area contributed by atoms with Crippen LogP contribution in [-0.2, 0) is 13.6 Å². The van der Waals surface area contributed by atoms with Crippen molar-refractivity contribution in [1.29, 1.82) is 0 Å². The highest BCUT2D eigenvalue weighted by Gasteiger charge is 2.02. The van der Waals surface area contributed by atoms with Crippen molar-refractivity contribution in [2.75, 3.05) is 11.9 Å². The average Bonchev–Trinajstić information content (AvgIpc) is 2.74. The van der Waals surface area contributed by atoms with E-state index in [0.717, 1.165) is 23.7 Å². The van der Waals surface area contributed by atoms with Crippen LogP contribution in [0.5, 0.6) is 5.75 Å². The summed E-state index contributed by atoms with van der Waals surface area (Å²) in [7, 11) is 2.00. The van der Waals surface area contributed by atoms with Crippen LogP contribution in [0.3, 0.4) is 0 Å². The molecular weight excluding hydrogens is 226 g/mol. The van der Waals surface area contributed by atoms with E-state index in [9.17, 15) is 0 Å². The van der Waals surface area contributed by atoms with E-state index in [0.29, 0.717) is 6.61 Å². The summed E-state index contributed by atoms with van der Waals surface area (Å²) in [5.74, 6) is 0.918. The molecule has 96 valence electrons. The third-order valence-corrected chi connectivity index (χ3v) is 2.89. The molecule has 0 aliphatic heterocycles. The second kappa shape index (κ2) is 5.58. The Morgan fingerprint density at radius 2 is 2.22 bits per heavy atom. The van der Waals surface area contributed by atoms with Crippen molar-refractivity contribution in [2.45, 2.75) is 20.4 Å². The van der Waals surface area contributed by atoms with Crippen LogP contribution in [0.15, 0.2) is 30.7 Å². The van der Waals surface area contributed by atoms with Gasteiger partial charge in [0, 0.05) is 18.9 Å². The minimum atomic E-state index is 0.696. The van der Waals surface area contributed by atoms with Crippen LogP contribution in [-0.4, -0.2) is 16.2 Å². The fourth-order valence-electron chi connectivity index (χ4n) is 1.83. The molecule has 2 rings (SSSR count). The molecule has 0 spiro atoms. The molecule has 1 aromatic carbocycles. The third-order valence-electron chi connectivity index (χ3n) is 2.89. The standard InChI is InChI=1S/C14H19N3O/c1-4-18-13-5-6-14(11(2)7-13)16-9-12-8-15-10-17(12)3/h5-8,10,16H,4,9H2,1-3H3. The Labute approximate surface area is 108 Å². The molecule has 0 saturated heterocycles. The highest BCUT2D eigenvalue weighted by Crippen LogP contribution is 2.21. The van der Waals surface area contributed by atoms with Crippen molar-refractivity contribution in [2.24, 2.45) is 7.05 Å². The summed E-state index contributed by atoms with van der Waals surface area (Å²) in [6, 6.07) is 6.09. The molecule has 0 atom stereocenters. The lowest BCUT2D eigenvalue weighted by Gasteiger charge is -2.11. The first-order valence-electron chi connectivity index (χ1n) is 6.13. The number of aryl methyl sites for hydroxylation is 2. The van der Waals surface area contributed by atoms with Crippen LogP contribution in [0.25, 0.3) is 0 Å². The first-order valence-corrected chi connectivity index (χ1v) is 6.13. The maximum absolute atomic E-state index is 5.47. The fraction of sp³-hybridized carbons (Fsp3) is 0.357. The molecular formula is C14H19N3O. The van der Waals surface area contributed by atoms with Gasteiger partial charge in [-0.1, -0.05) is 0 Å². The molecule has 0 bridgehead atoms. The molecule has 4 heteroatoms. The molecule has 0 aliphatic carbocycles. The van der Waals surface area contributed by atoms with Crippen molar-refractivity contribution in [3.8, 4) is 5.75 Å². The Morgan fingerprint density at radius 1 is 1.39 bits per heavy atom. The zero-order chi connectivity index (χ0) is 13.0. The maximum atomic E-state index is 5.47. The number of benzene rings is 1. The van der Waals surface area contributed by atoms with Crippen molar-refractivity contribution in [3.05, 3.63) is 42.0 Å². The van der Waals surface area contributed by atoms with Gasteiger partial charge in [-0.2, -0.15) is 0 Å². The topological polar surface area (TPSA) is 39.1 Å². The van der Waals surface area contributed by atoms with Crippen LogP contribution >= 0.6 is 0 Å². The average molecular weight is 245 g/mol. The quantitative estimate of drug-likeness (QED) is 0.880. The van der Waals surface area contributed by atoms with Crippen LogP contribution in [0.2, 0.25) is 0 Å². The third kappa shape index (κ3) is 2.83. The van der Waals surface area contributed by atoms with Crippen molar-refractivity contribution < 1.29 is 4.74 Å². The van der Waals surface area contributed by atoms with Gasteiger partial charge in [-0.05, 0) is 37.6 Å². The number of anilines is 1. The predicted molar refractivity (Wildman–Crippen MR) is 72.9 cm³/mol. The van der Waals surface area contributed by atoms with Crippen LogP contribution in [0.4, 0.5) is 5.69 Å². The summed E-state index contributed by atoms with van der Waals surface area (Å²) in [6.45, 7) is 5.53. The molecule has 0 unspecified atom stereocenters. The molecule has 0 radical (unpaired) electrons. The zero-order valence-electron chi connectivity index (χ0n) is 11.1. The van der Waals surface area contributed by atoms with Gasteiger partial charge in [0.05, 0.1) is 25.2 Å². The molecule has 4 nitrogen and oxygen atoms in total. The number of nitrogens with zero attached hydrogens (tertiary/aromatic N) is 2. The van der Waals surface area contributed by atoms with E-state index in [1.165, 1.54) is 5.56 Å². The van der Waals surface area contributed by atoms with Gasteiger partial charge in [-0.3, -0.25) is 0 Å². The summed E-state index contributed by atoms with van der Waals surface area (Å²) in [5.41, 5.74) is 3.46. The van der Waals surface area contributed by atoms with Crippen molar-refractivity contribution in [3.63, 3.8) is 0 Å². The lowest BCUT2D eigenvalue weighted by atomic mass is 10.2. The minimum absolute atomic E-state index is 0.696. The molecule has 1 N–H and O–H groups in total. The monoisotopic (exact) mass is 245 g/mol. The van der Waals surface area contributed by atoms with Gasteiger partial charge in [0.25, 0.3) is 0 Å². The van der Waals surface area contributed by atoms with E-state index in [1.807, 2.05) is 37.1 Å². The zero-order valence-corrected chi connectivity index (χ0v) is 11.1. The summed E-state index contributed by atoms with van der Waals surface area (Å²) in [4.78, 5) is 4.10. The maximum Gasteiger partial charge on any atom is 0.119 e.